The standard InChI is InChI=1S/C18H20N2O2S/c1-20(2)18(22)16-11-13-10-12(8-9-15(13)23-16)17(21)19-14-6-4-3-5-7-14/h3-7,11-12H,8-10H2,1-2H3,(H,19,21)/t12-/m0/s1. The molecule has 1 aliphatic carbocycles. The third-order valence-electron chi connectivity index (χ3n) is 4.11. The van der Waals surface area contributed by atoms with E-state index in [1.807, 2.05) is 36.4 Å². The van der Waals surface area contributed by atoms with Crippen LogP contribution in [-0.2, 0) is 17.6 Å². The first kappa shape index (κ1) is 15.7. The van der Waals surface area contributed by atoms with Gasteiger partial charge in [0.1, 0.15) is 0 Å². The third-order valence-corrected chi connectivity index (χ3v) is 5.34. The molecule has 0 unspecified atom stereocenters. The number of nitrogens with one attached hydrogen (secondary N) is 1. The largest absolute Gasteiger partial charge is 0.344 e. The summed E-state index contributed by atoms with van der Waals surface area (Å²) in [5, 5.41) is 2.98. The third kappa shape index (κ3) is 3.45. The number of para-hydroxylation sites is 1. The summed E-state index contributed by atoms with van der Waals surface area (Å²) in [6, 6.07) is 11.5. The van der Waals surface area contributed by atoms with Crippen LogP contribution in [-0.4, -0.2) is 30.8 Å². The van der Waals surface area contributed by atoms with Gasteiger partial charge in [0, 0.05) is 30.6 Å². The zero-order valence-electron chi connectivity index (χ0n) is 13.3. The molecule has 2 aromatic rings. The number of carbonyl (C=O) groups excluding carboxylic acids is 2. The van der Waals surface area contributed by atoms with Gasteiger partial charge < -0.3 is 10.2 Å². The molecule has 4 nitrogen and oxygen atoms in total. The first-order valence-electron chi connectivity index (χ1n) is 7.73. The highest BCUT2D eigenvalue weighted by Gasteiger charge is 2.27. The Morgan fingerprint density at radius 1 is 1.22 bits per heavy atom. The molecule has 5 heteroatoms. The number of hydrogen-bond donors (Lipinski definition) is 1. The Hall–Kier alpha value is -2.14. The monoisotopic (exact) mass is 328 g/mol. The van der Waals surface area contributed by atoms with Gasteiger partial charge in [-0.3, -0.25) is 9.59 Å². The SMILES string of the molecule is CN(C)C(=O)c1cc2c(s1)CC[C@H](C(=O)Nc1ccccc1)C2. The van der Waals surface area contributed by atoms with Crippen molar-refractivity contribution in [2.45, 2.75) is 19.3 Å². The van der Waals surface area contributed by atoms with Crippen LogP contribution in [0.15, 0.2) is 36.4 Å². The number of rotatable bonds is 3. The molecule has 3 rings (SSSR count). The average Bonchev–Trinajstić information content (AvgIpc) is 2.97. The van der Waals surface area contributed by atoms with Crippen LogP contribution in [0.5, 0.6) is 0 Å². The van der Waals surface area contributed by atoms with E-state index in [-0.39, 0.29) is 17.7 Å². The van der Waals surface area contributed by atoms with Crippen LogP contribution >= 0.6 is 11.3 Å². The molecule has 1 aromatic carbocycles. The number of benzene rings is 1. The summed E-state index contributed by atoms with van der Waals surface area (Å²) < 4.78 is 0. The fourth-order valence-electron chi connectivity index (χ4n) is 2.84. The summed E-state index contributed by atoms with van der Waals surface area (Å²) >= 11 is 1.57. The molecule has 120 valence electrons. The molecule has 0 aliphatic heterocycles. The lowest BCUT2D eigenvalue weighted by Gasteiger charge is -2.21. The van der Waals surface area contributed by atoms with Gasteiger partial charge in [-0.2, -0.15) is 0 Å². The van der Waals surface area contributed by atoms with E-state index in [1.54, 1.807) is 30.3 Å². The molecule has 0 saturated carbocycles. The van der Waals surface area contributed by atoms with Crippen LogP contribution in [0, 0.1) is 5.92 Å². The fraction of sp³-hybridized carbons (Fsp3) is 0.333. The summed E-state index contributed by atoms with van der Waals surface area (Å²) in [6.45, 7) is 0. The average molecular weight is 328 g/mol. The normalized spacial score (nSPS) is 16.5. The lowest BCUT2D eigenvalue weighted by atomic mass is 9.87. The van der Waals surface area contributed by atoms with Crippen molar-refractivity contribution in [3.05, 3.63) is 51.7 Å². The van der Waals surface area contributed by atoms with Crippen molar-refractivity contribution in [1.82, 2.24) is 4.90 Å². The number of fused-ring (bicyclic) bond motifs is 1. The first-order chi connectivity index (χ1) is 11.0. The highest BCUT2D eigenvalue weighted by atomic mass is 32.1. The van der Waals surface area contributed by atoms with E-state index in [1.165, 1.54) is 4.88 Å². The molecule has 1 atom stereocenters. The summed E-state index contributed by atoms with van der Waals surface area (Å²) in [7, 11) is 3.52. The van der Waals surface area contributed by atoms with Gasteiger partial charge >= 0.3 is 0 Å². The number of thiophene rings is 1. The van der Waals surface area contributed by atoms with Gasteiger partial charge in [-0.1, -0.05) is 18.2 Å². The minimum absolute atomic E-state index is 0.0281. The van der Waals surface area contributed by atoms with Crippen molar-refractivity contribution >= 4 is 28.8 Å². The van der Waals surface area contributed by atoms with Gasteiger partial charge in [-0.15, -0.1) is 11.3 Å². The quantitative estimate of drug-likeness (QED) is 0.941. The second kappa shape index (κ2) is 6.54. The molecule has 0 spiro atoms. The van der Waals surface area contributed by atoms with Crippen LogP contribution < -0.4 is 5.32 Å². The van der Waals surface area contributed by atoms with Gasteiger partial charge in [-0.05, 0) is 43.0 Å². The van der Waals surface area contributed by atoms with Crippen LogP contribution in [0.4, 0.5) is 5.69 Å². The summed E-state index contributed by atoms with van der Waals surface area (Å²) in [5.41, 5.74) is 1.98. The summed E-state index contributed by atoms with van der Waals surface area (Å²) in [5.74, 6) is 0.0721. The smallest absolute Gasteiger partial charge is 0.263 e. The summed E-state index contributed by atoms with van der Waals surface area (Å²) in [4.78, 5) is 28.1. The molecule has 2 amide bonds. The van der Waals surface area contributed by atoms with Crippen LogP contribution in [0.1, 0.15) is 26.5 Å². The number of aryl methyl sites for hydroxylation is 1. The molecule has 0 fully saturated rings. The maximum absolute atomic E-state index is 12.4. The molecule has 0 bridgehead atoms. The van der Waals surface area contributed by atoms with E-state index in [9.17, 15) is 9.59 Å². The highest BCUT2D eigenvalue weighted by molar-refractivity contribution is 7.14. The van der Waals surface area contributed by atoms with E-state index in [2.05, 4.69) is 5.32 Å². The van der Waals surface area contributed by atoms with Crippen molar-refractivity contribution in [1.29, 1.82) is 0 Å². The minimum Gasteiger partial charge on any atom is -0.344 e. The Labute approximate surface area is 140 Å². The Bertz CT molecular complexity index is 722. The molecule has 1 N–H and O–H groups in total. The van der Waals surface area contributed by atoms with E-state index in [4.69, 9.17) is 0 Å². The Kier molecular flexibility index (Phi) is 4.48. The fourth-order valence-corrected chi connectivity index (χ4v) is 4.07. The van der Waals surface area contributed by atoms with E-state index < -0.39 is 0 Å². The summed E-state index contributed by atoms with van der Waals surface area (Å²) in [6.07, 6.45) is 2.42. The number of amides is 2. The molecular weight excluding hydrogens is 308 g/mol. The molecule has 0 radical (unpaired) electrons. The molecule has 1 aliphatic rings. The van der Waals surface area contributed by atoms with Gasteiger partial charge in [0.25, 0.3) is 5.91 Å². The number of nitrogens with zero attached hydrogens (tertiary/aromatic N) is 1. The molecule has 1 aromatic heterocycles. The second-order valence-corrected chi connectivity index (χ2v) is 7.19. The van der Waals surface area contributed by atoms with Gasteiger partial charge in [0.2, 0.25) is 5.91 Å². The van der Waals surface area contributed by atoms with Crippen molar-refractivity contribution in [3.63, 3.8) is 0 Å². The zero-order chi connectivity index (χ0) is 16.4. The van der Waals surface area contributed by atoms with E-state index in [0.717, 1.165) is 29.0 Å². The highest BCUT2D eigenvalue weighted by Crippen LogP contribution is 2.33. The van der Waals surface area contributed by atoms with Gasteiger partial charge in [0.05, 0.1) is 4.88 Å². The van der Waals surface area contributed by atoms with Crippen molar-refractivity contribution in [2.24, 2.45) is 5.92 Å². The molecular formula is C18H20N2O2S. The topological polar surface area (TPSA) is 49.4 Å². The molecule has 23 heavy (non-hydrogen) atoms. The lowest BCUT2D eigenvalue weighted by Crippen LogP contribution is -2.27. The second-order valence-electron chi connectivity index (χ2n) is 6.05. The lowest BCUT2D eigenvalue weighted by molar-refractivity contribution is -0.120. The predicted octanol–water partition coefficient (Wildman–Crippen LogP) is 3.19. The Morgan fingerprint density at radius 3 is 2.65 bits per heavy atom. The van der Waals surface area contributed by atoms with Gasteiger partial charge in [-0.25, -0.2) is 0 Å². The van der Waals surface area contributed by atoms with Crippen molar-refractivity contribution in [2.75, 3.05) is 19.4 Å². The van der Waals surface area contributed by atoms with E-state index >= 15 is 0 Å². The molecule has 0 saturated heterocycles. The van der Waals surface area contributed by atoms with E-state index in [0.29, 0.717) is 6.42 Å². The number of carbonyl (C=O) groups is 2. The maximum atomic E-state index is 12.4. The number of anilines is 1. The van der Waals surface area contributed by atoms with Crippen molar-refractivity contribution < 1.29 is 9.59 Å². The van der Waals surface area contributed by atoms with Crippen LogP contribution in [0.25, 0.3) is 0 Å². The number of hydrogen-bond acceptors (Lipinski definition) is 3. The van der Waals surface area contributed by atoms with Gasteiger partial charge in [0.15, 0.2) is 0 Å². The molecule has 1 heterocycles. The first-order valence-corrected chi connectivity index (χ1v) is 8.55. The predicted molar refractivity (Wildman–Crippen MR) is 92.9 cm³/mol. The van der Waals surface area contributed by atoms with Crippen LogP contribution in [0.3, 0.4) is 0 Å². The maximum Gasteiger partial charge on any atom is 0.263 e. The van der Waals surface area contributed by atoms with Crippen molar-refractivity contribution in [3.8, 4) is 0 Å². The zero-order valence-corrected chi connectivity index (χ0v) is 14.2. The Balaban J connectivity index is 1.70. The minimum atomic E-state index is -0.0281. The Morgan fingerprint density at radius 2 is 1.96 bits per heavy atom. The van der Waals surface area contributed by atoms with Crippen LogP contribution in [0.2, 0.25) is 0 Å².